The molecule has 0 bridgehead atoms. The summed E-state index contributed by atoms with van der Waals surface area (Å²) in [4.78, 5) is 13.3. The number of rotatable bonds is 5. The summed E-state index contributed by atoms with van der Waals surface area (Å²) in [7, 11) is 3.76. The van der Waals surface area contributed by atoms with E-state index in [-0.39, 0.29) is 12.5 Å². The van der Waals surface area contributed by atoms with E-state index in [0.29, 0.717) is 12.5 Å². The minimum Gasteiger partial charge on any atom is -0.371 e. The number of carbonyl (C=O) groups excluding carboxylic acids is 1. The Labute approximate surface area is 84.8 Å². The average Bonchev–Trinajstić information content (AvgIpc) is 2.52. The highest BCUT2D eigenvalue weighted by Gasteiger charge is 2.19. The summed E-state index contributed by atoms with van der Waals surface area (Å²) in [6, 6.07) is 0. The Bertz CT molecular complexity index is 187. The lowest BCUT2D eigenvalue weighted by atomic mass is 10.1. The van der Waals surface area contributed by atoms with Crippen LogP contribution in [0.5, 0.6) is 0 Å². The number of likely N-dealkylation sites (tertiary alicyclic amines) is 1. The Kier molecular flexibility index (Phi) is 4.86. The molecule has 0 saturated carbocycles. The zero-order valence-corrected chi connectivity index (χ0v) is 8.88. The molecule has 0 aromatic rings. The lowest BCUT2D eigenvalue weighted by Gasteiger charge is -2.10. The van der Waals surface area contributed by atoms with Gasteiger partial charge in [0, 0.05) is 13.6 Å². The van der Waals surface area contributed by atoms with Crippen LogP contribution < -0.4 is 10.9 Å². The Morgan fingerprint density at radius 3 is 3.00 bits per heavy atom. The van der Waals surface area contributed by atoms with Crippen molar-refractivity contribution in [1.29, 1.82) is 0 Å². The van der Waals surface area contributed by atoms with Crippen LogP contribution in [0.25, 0.3) is 0 Å². The average molecular weight is 201 g/mol. The van der Waals surface area contributed by atoms with Crippen LogP contribution in [-0.2, 0) is 9.53 Å². The first-order valence-electron chi connectivity index (χ1n) is 4.94. The fourth-order valence-electron chi connectivity index (χ4n) is 1.66. The zero-order chi connectivity index (χ0) is 10.4. The van der Waals surface area contributed by atoms with Crippen molar-refractivity contribution in [2.75, 3.05) is 40.4 Å². The topological polar surface area (TPSA) is 53.6 Å². The molecule has 1 saturated heterocycles. The van der Waals surface area contributed by atoms with Crippen molar-refractivity contribution in [3.8, 4) is 0 Å². The monoisotopic (exact) mass is 201 g/mol. The summed E-state index contributed by atoms with van der Waals surface area (Å²) in [5.41, 5.74) is 5.02. The highest BCUT2D eigenvalue weighted by atomic mass is 16.5. The Balaban J connectivity index is 2.01. The van der Waals surface area contributed by atoms with E-state index in [9.17, 15) is 4.79 Å². The molecular weight excluding hydrogens is 182 g/mol. The number of hydrogen-bond acceptors (Lipinski definition) is 4. The van der Waals surface area contributed by atoms with Gasteiger partial charge in [-0.3, -0.25) is 10.2 Å². The number of amides is 1. The molecule has 1 rings (SSSR count). The number of nitrogens with zero attached hydrogens (tertiary/aromatic N) is 1. The molecule has 0 aromatic carbocycles. The summed E-state index contributed by atoms with van der Waals surface area (Å²) in [5.74, 6) is 0.459. The Morgan fingerprint density at radius 2 is 2.43 bits per heavy atom. The molecule has 0 spiro atoms. The van der Waals surface area contributed by atoms with Crippen molar-refractivity contribution < 1.29 is 9.53 Å². The van der Waals surface area contributed by atoms with Crippen LogP contribution in [0.3, 0.4) is 0 Å². The van der Waals surface area contributed by atoms with E-state index in [1.807, 2.05) is 0 Å². The summed E-state index contributed by atoms with van der Waals surface area (Å²) in [6.07, 6.45) is 1.17. The molecule has 1 atom stereocenters. The third-order valence-electron chi connectivity index (χ3n) is 2.34. The summed E-state index contributed by atoms with van der Waals surface area (Å²) in [5, 5.41) is 0. The first-order valence-corrected chi connectivity index (χ1v) is 4.94. The molecule has 1 unspecified atom stereocenters. The second kappa shape index (κ2) is 5.95. The lowest BCUT2D eigenvalue weighted by Crippen LogP contribution is -2.37. The van der Waals surface area contributed by atoms with E-state index in [2.05, 4.69) is 22.8 Å². The number of hydrazine groups is 1. The van der Waals surface area contributed by atoms with Crippen molar-refractivity contribution >= 4 is 5.91 Å². The number of carbonyl (C=O) groups is 1. The van der Waals surface area contributed by atoms with Crippen LogP contribution in [-0.4, -0.2) is 51.2 Å². The largest absolute Gasteiger partial charge is 0.371 e. The quantitative estimate of drug-likeness (QED) is 0.572. The third kappa shape index (κ3) is 4.04. The molecular formula is C9H19N3O2. The van der Waals surface area contributed by atoms with Crippen LogP contribution in [0.2, 0.25) is 0 Å². The molecule has 5 heteroatoms. The molecule has 5 nitrogen and oxygen atoms in total. The molecule has 0 radical (unpaired) electrons. The van der Waals surface area contributed by atoms with Crippen LogP contribution >= 0.6 is 0 Å². The second-order valence-electron chi connectivity index (χ2n) is 3.73. The predicted molar refractivity (Wildman–Crippen MR) is 53.6 cm³/mol. The SMILES string of the molecule is CNNC(=O)COCC1CCN(C)C1. The molecule has 1 aliphatic heterocycles. The van der Waals surface area contributed by atoms with Crippen molar-refractivity contribution in [2.45, 2.75) is 6.42 Å². The molecule has 2 N–H and O–H groups in total. The summed E-state index contributed by atoms with van der Waals surface area (Å²) in [6.45, 7) is 3.03. The maximum atomic E-state index is 11.0. The van der Waals surface area contributed by atoms with Gasteiger partial charge in [-0.05, 0) is 25.9 Å². The van der Waals surface area contributed by atoms with E-state index in [1.54, 1.807) is 7.05 Å². The van der Waals surface area contributed by atoms with Crippen molar-refractivity contribution in [2.24, 2.45) is 5.92 Å². The van der Waals surface area contributed by atoms with Gasteiger partial charge in [0.05, 0.1) is 6.61 Å². The third-order valence-corrected chi connectivity index (χ3v) is 2.34. The van der Waals surface area contributed by atoms with E-state index in [0.717, 1.165) is 13.1 Å². The standard InChI is InChI=1S/C9H19N3O2/c1-10-11-9(13)7-14-6-8-3-4-12(2)5-8/h8,10H,3-7H2,1-2H3,(H,11,13). The van der Waals surface area contributed by atoms with Gasteiger partial charge in [-0.1, -0.05) is 0 Å². The maximum absolute atomic E-state index is 11.0. The predicted octanol–water partition coefficient (Wildman–Crippen LogP) is -0.795. The number of nitrogens with one attached hydrogen (secondary N) is 2. The fourth-order valence-corrected chi connectivity index (χ4v) is 1.66. The highest BCUT2D eigenvalue weighted by molar-refractivity contribution is 5.76. The molecule has 0 aromatic heterocycles. The number of hydrogen-bond donors (Lipinski definition) is 2. The van der Waals surface area contributed by atoms with Crippen LogP contribution in [0, 0.1) is 5.92 Å². The molecule has 1 aliphatic rings. The van der Waals surface area contributed by atoms with E-state index >= 15 is 0 Å². The van der Waals surface area contributed by atoms with E-state index < -0.39 is 0 Å². The van der Waals surface area contributed by atoms with Gasteiger partial charge >= 0.3 is 0 Å². The van der Waals surface area contributed by atoms with Crippen molar-refractivity contribution in [3.05, 3.63) is 0 Å². The first kappa shape index (κ1) is 11.4. The summed E-state index contributed by atoms with van der Waals surface area (Å²) >= 11 is 0. The van der Waals surface area contributed by atoms with Gasteiger partial charge in [-0.2, -0.15) is 0 Å². The zero-order valence-electron chi connectivity index (χ0n) is 8.88. The Hall–Kier alpha value is -0.650. The van der Waals surface area contributed by atoms with Crippen LogP contribution in [0.15, 0.2) is 0 Å². The minimum atomic E-state index is -0.126. The molecule has 82 valence electrons. The molecule has 14 heavy (non-hydrogen) atoms. The fraction of sp³-hybridized carbons (Fsp3) is 0.889. The molecule has 0 aliphatic carbocycles. The first-order chi connectivity index (χ1) is 6.72. The van der Waals surface area contributed by atoms with Gasteiger partial charge < -0.3 is 9.64 Å². The maximum Gasteiger partial charge on any atom is 0.260 e. The van der Waals surface area contributed by atoms with Gasteiger partial charge in [-0.15, -0.1) is 0 Å². The van der Waals surface area contributed by atoms with Gasteiger partial charge in [-0.25, -0.2) is 5.43 Å². The Morgan fingerprint density at radius 1 is 1.64 bits per heavy atom. The molecule has 1 heterocycles. The molecule has 1 amide bonds. The van der Waals surface area contributed by atoms with Gasteiger partial charge in [0.1, 0.15) is 6.61 Å². The van der Waals surface area contributed by atoms with Gasteiger partial charge in [0.2, 0.25) is 0 Å². The lowest BCUT2D eigenvalue weighted by molar-refractivity contribution is -0.126. The van der Waals surface area contributed by atoms with E-state index in [1.165, 1.54) is 6.42 Å². The number of ether oxygens (including phenoxy) is 1. The van der Waals surface area contributed by atoms with Crippen molar-refractivity contribution in [1.82, 2.24) is 15.8 Å². The smallest absolute Gasteiger partial charge is 0.260 e. The van der Waals surface area contributed by atoms with Gasteiger partial charge in [0.25, 0.3) is 5.91 Å². The second-order valence-corrected chi connectivity index (χ2v) is 3.73. The molecule has 1 fully saturated rings. The summed E-state index contributed by atoms with van der Waals surface area (Å²) < 4.78 is 5.30. The van der Waals surface area contributed by atoms with E-state index in [4.69, 9.17) is 4.74 Å². The van der Waals surface area contributed by atoms with Gasteiger partial charge in [0.15, 0.2) is 0 Å². The normalized spacial score (nSPS) is 22.6. The van der Waals surface area contributed by atoms with Crippen LogP contribution in [0.1, 0.15) is 6.42 Å². The van der Waals surface area contributed by atoms with Crippen molar-refractivity contribution in [3.63, 3.8) is 0 Å². The van der Waals surface area contributed by atoms with Crippen LogP contribution in [0.4, 0.5) is 0 Å². The highest BCUT2D eigenvalue weighted by Crippen LogP contribution is 2.13. The minimum absolute atomic E-state index is 0.126.